The third-order valence-electron chi connectivity index (χ3n) is 2.98. The molecule has 1 aromatic carbocycles. The van der Waals surface area contributed by atoms with Crippen LogP contribution < -0.4 is 11.1 Å². The zero-order valence-corrected chi connectivity index (χ0v) is 12.3. The van der Waals surface area contributed by atoms with Gasteiger partial charge in [-0.3, -0.25) is 4.68 Å². The number of hydrogen-bond acceptors (Lipinski definition) is 5. The largest absolute Gasteiger partial charge is 0.462 e. The molecule has 6 nitrogen and oxygen atoms in total. The van der Waals surface area contributed by atoms with Crippen molar-refractivity contribution in [1.29, 1.82) is 0 Å². The van der Waals surface area contributed by atoms with Gasteiger partial charge in [-0.15, -0.1) is 0 Å². The van der Waals surface area contributed by atoms with E-state index >= 15 is 0 Å². The summed E-state index contributed by atoms with van der Waals surface area (Å²) in [6, 6.07) is 5.07. The Kier molecular flexibility index (Phi) is 4.81. The fourth-order valence-electron chi connectivity index (χ4n) is 1.95. The predicted molar refractivity (Wildman–Crippen MR) is 82.3 cm³/mol. The summed E-state index contributed by atoms with van der Waals surface area (Å²) >= 11 is 0. The molecule has 0 fully saturated rings. The number of ether oxygens (including phenoxy) is 1. The lowest BCUT2D eigenvalue weighted by Gasteiger charge is -2.11. The molecule has 0 amide bonds. The number of carbonyl (C=O) groups excluding carboxylic acids is 1. The summed E-state index contributed by atoms with van der Waals surface area (Å²) in [5.74, 6) is -0.344. The van der Waals surface area contributed by atoms with E-state index in [1.807, 2.05) is 24.0 Å². The number of benzene rings is 1. The molecular formula is C15H20N4O2. The van der Waals surface area contributed by atoms with Gasteiger partial charge in [-0.1, -0.05) is 0 Å². The number of nitrogens with one attached hydrogen (secondary N) is 1. The van der Waals surface area contributed by atoms with Gasteiger partial charge in [0, 0.05) is 12.7 Å². The molecule has 0 aliphatic heterocycles. The summed E-state index contributed by atoms with van der Waals surface area (Å²) in [4.78, 5) is 11.7. The van der Waals surface area contributed by atoms with E-state index in [4.69, 9.17) is 10.5 Å². The van der Waals surface area contributed by atoms with E-state index in [0.29, 0.717) is 24.4 Å². The van der Waals surface area contributed by atoms with Gasteiger partial charge in [0.25, 0.3) is 0 Å². The number of nitrogen functional groups attached to an aromatic ring is 1. The van der Waals surface area contributed by atoms with Crippen LogP contribution >= 0.6 is 0 Å². The Morgan fingerprint density at radius 3 is 2.95 bits per heavy atom. The van der Waals surface area contributed by atoms with Crippen molar-refractivity contribution in [2.75, 3.05) is 24.2 Å². The summed E-state index contributed by atoms with van der Waals surface area (Å²) in [5, 5.41) is 7.43. The molecule has 0 radical (unpaired) electrons. The summed E-state index contributed by atoms with van der Waals surface area (Å²) in [6.07, 6.45) is 3.79. The Morgan fingerprint density at radius 2 is 2.29 bits per heavy atom. The summed E-state index contributed by atoms with van der Waals surface area (Å²) in [5.41, 5.74) is 8.85. The molecule has 1 aromatic heterocycles. The van der Waals surface area contributed by atoms with Gasteiger partial charge in [0.15, 0.2) is 0 Å². The van der Waals surface area contributed by atoms with Crippen LogP contribution in [0.3, 0.4) is 0 Å². The highest BCUT2D eigenvalue weighted by molar-refractivity contribution is 5.92. The lowest BCUT2D eigenvalue weighted by Crippen LogP contribution is -2.13. The Bertz CT molecular complexity index is 622. The minimum absolute atomic E-state index is 0.344. The minimum Gasteiger partial charge on any atom is -0.462 e. The zero-order valence-electron chi connectivity index (χ0n) is 12.3. The van der Waals surface area contributed by atoms with Gasteiger partial charge in [-0.05, 0) is 37.6 Å². The maximum Gasteiger partial charge on any atom is 0.338 e. The molecule has 0 saturated heterocycles. The van der Waals surface area contributed by atoms with Crippen LogP contribution in [0.5, 0.6) is 0 Å². The molecule has 0 aliphatic rings. The van der Waals surface area contributed by atoms with Gasteiger partial charge < -0.3 is 15.8 Å². The number of aromatic nitrogens is 2. The molecule has 1 heterocycles. The maximum absolute atomic E-state index is 11.7. The fraction of sp³-hybridized carbons (Fsp3) is 0.333. The molecule has 0 bridgehead atoms. The molecule has 112 valence electrons. The van der Waals surface area contributed by atoms with Crippen molar-refractivity contribution in [3.63, 3.8) is 0 Å². The number of aryl methyl sites for hydroxylation is 1. The summed E-state index contributed by atoms with van der Waals surface area (Å²) < 4.78 is 6.83. The van der Waals surface area contributed by atoms with E-state index in [1.165, 1.54) is 0 Å². The highest BCUT2D eigenvalue weighted by Gasteiger charge is 2.09. The van der Waals surface area contributed by atoms with Crippen LogP contribution in [-0.2, 0) is 11.3 Å². The normalized spacial score (nSPS) is 10.4. The van der Waals surface area contributed by atoms with E-state index < -0.39 is 0 Å². The van der Waals surface area contributed by atoms with Gasteiger partial charge in [-0.2, -0.15) is 5.10 Å². The van der Waals surface area contributed by atoms with Gasteiger partial charge in [0.1, 0.15) is 0 Å². The maximum atomic E-state index is 11.7. The van der Waals surface area contributed by atoms with E-state index in [-0.39, 0.29) is 5.97 Å². The fourth-order valence-corrected chi connectivity index (χ4v) is 1.95. The molecule has 2 aromatic rings. The number of esters is 1. The number of nitrogens with two attached hydrogens (primary N) is 1. The highest BCUT2D eigenvalue weighted by atomic mass is 16.5. The van der Waals surface area contributed by atoms with E-state index in [2.05, 4.69) is 10.4 Å². The second-order valence-electron chi connectivity index (χ2n) is 4.73. The smallest absolute Gasteiger partial charge is 0.338 e. The van der Waals surface area contributed by atoms with Crippen molar-refractivity contribution in [3.8, 4) is 0 Å². The molecule has 2 rings (SSSR count). The second-order valence-corrected chi connectivity index (χ2v) is 4.73. The van der Waals surface area contributed by atoms with Gasteiger partial charge >= 0.3 is 5.97 Å². The van der Waals surface area contributed by atoms with Crippen molar-refractivity contribution in [2.45, 2.75) is 20.4 Å². The molecule has 0 saturated carbocycles. The van der Waals surface area contributed by atoms with E-state index in [0.717, 1.165) is 17.8 Å². The van der Waals surface area contributed by atoms with Crippen LogP contribution in [0.15, 0.2) is 30.6 Å². The summed E-state index contributed by atoms with van der Waals surface area (Å²) in [7, 11) is 0. The highest BCUT2D eigenvalue weighted by Crippen LogP contribution is 2.20. The second kappa shape index (κ2) is 6.78. The van der Waals surface area contributed by atoms with Crippen molar-refractivity contribution < 1.29 is 9.53 Å². The molecule has 0 aliphatic carbocycles. The monoisotopic (exact) mass is 288 g/mol. The number of carbonyl (C=O) groups is 1. The third kappa shape index (κ3) is 3.98. The molecule has 3 N–H and O–H groups in total. The van der Waals surface area contributed by atoms with Crippen molar-refractivity contribution in [2.24, 2.45) is 0 Å². The van der Waals surface area contributed by atoms with Crippen molar-refractivity contribution >= 4 is 17.3 Å². The first-order chi connectivity index (χ1) is 10.1. The van der Waals surface area contributed by atoms with Crippen molar-refractivity contribution in [3.05, 3.63) is 41.7 Å². The Morgan fingerprint density at radius 1 is 1.48 bits per heavy atom. The van der Waals surface area contributed by atoms with E-state index in [9.17, 15) is 4.79 Å². The van der Waals surface area contributed by atoms with Crippen LogP contribution in [0.2, 0.25) is 0 Å². The molecule has 0 atom stereocenters. The molecule has 6 heteroatoms. The molecule has 0 unspecified atom stereocenters. The minimum atomic E-state index is -0.344. The quantitative estimate of drug-likeness (QED) is 0.628. The van der Waals surface area contributed by atoms with E-state index in [1.54, 1.807) is 25.1 Å². The Labute approximate surface area is 123 Å². The zero-order chi connectivity index (χ0) is 15.2. The van der Waals surface area contributed by atoms with Crippen LogP contribution in [0, 0.1) is 6.92 Å². The number of hydrogen-bond donors (Lipinski definition) is 2. The van der Waals surface area contributed by atoms with Crippen LogP contribution in [0.25, 0.3) is 0 Å². The molecule has 0 spiro atoms. The van der Waals surface area contributed by atoms with Gasteiger partial charge in [0.05, 0.1) is 36.3 Å². The first-order valence-electron chi connectivity index (χ1n) is 6.89. The van der Waals surface area contributed by atoms with Crippen LogP contribution in [-0.4, -0.2) is 28.9 Å². The predicted octanol–water partition coefficient (Wildman–Crippen LogP) is 2.06. The molecular weight excluding hydrogens is 268 g/mol. The van der Waals surface area contributed by atoms with Crippen LogP contribution in [0.4, 0.5) is 11.4 Å². The number of nitrogens with zero attached hydrogens (tertiary/aromatic N) is 2. The number of anilines is 2. The Balaban J connectivity index is 1.98. The van der Waals surface area contributed by atoms with Crippen molar-refractivity contribution in [1.82, 2.24) is 9.78 Å². The first-order valence-corrected chi connectivity index (χ1v) is 6.89. The standard InChI is InChI=1S/C15H20N4O2/c1-3-21-15(20)12-4-5-13(16)14(8-12)17-6-7-19-10-11(2)9-18-19/h4-5,8-10,17H,3,6-7,16H2,1-2H3. The number of rotatable bonds is 6. The average Bonchev–Trinajstić information content (AvgIpc) is 2.87. The topological polar surface area (TPSA) is 82.2 Å². The first kappa shape index (κ1) is 14.9. The van der Waals surface area contributed by atoms with Crippen LogP contribution in [0.1, 0.15) is 22.8 Å². The third-order valence-corrected chi connectivity index (χ3v) is 2.98. The lowest BCUT2D eigenvalue weighted by atomic mass is 10.1. The summed E-state index contributed by atoms with van der Waals surface area (Å²) in [6.45, 7) is 5.51. The average molecular weight is 288 g/mol. The lowest BCUT2D eigenvalue weighted by molar-refractivity contribution is 0.0526. The molecule has 21 heavy (non-hydrogen) atoms. The Hall–Kier alpha value is -2.50. The SMILES string of the molecule is CCOC(=O)c1ccc(N)c(NCCn2cc(C)cn2)c1. The van der Waals surface area contributed by atoms with Gasteiger partial charge in [0.2, 0.25) is 0 Å². The van der Waals surface area contributed by atoms with Gasteiger partial charge in [-0.25, -0.2) is 4.79 Å².